The molecule has 1 aliphatic rings. The summed E-state index contributed by atoms with van der Waals surface area (Å²) >= 11 is 0. The first-order valence-corrected chi connectivity index (χ1v) is 12.1. The Bertz CT molecular complexity index is 1250. The molecule has 0 aliphatic carbocycles. The zero-order chi connectivity index (χ0) is 24.9. The van der Waals surface area contributed by atoms with E-state index in [0.29, 0.717) is 12.2 Å². The minimum atomic E-state index is -0.534. The van der Waals surface area contributed by atoms with Gasteiger partial charge in [-0.3, -0.25) is 15.0 Å². The number of fused-ring (bicyclic) bond motifs is 1. The number of benzene rings is 2. The van der Waals surface area contributed by atoms with Crippen LogP contribution in [0.15, 0.2) is 48.5 Å². The van der Waals surface area contributed by atoms with Crippen LogP contribution >= 0.6 is 0 Å². The summed E-state index contributed by atoms with van der Waals surface area (Å²) in [6.07, 6.45) is 4.10. The predicted molar refractivity (Wildman–Crippen MR) is 137 cm³/mol. The highest BCUT2D eigenvalue weighted by Crippen LogP contribution is 2.27. The fourth-order valence-corrected chi connectivity index (χ4v) is 5.01. The van der Waals surface area contributed by atoms with Crippen LogP contribution in [0.5, 0.6) is 5.75 Å². The first kappa shape index (κ1) is 24.3. The highest BCUT2D eigenvalue weighted by molar-refractivity contribution is 5.98. The molecule has 1 atom stereocenters. The molecule has 0 unspecified atom stereocenters. The van der Waals surface area contributed by atoms with Crippen molar-refractivity contribution in [3.8, 4) is 5.75 Å². The maximum atomic E-state index is 13.2. The van der Waals surface area contributed by atoms with E-state index in [1.54, 1.807) is 12.1 Å². The third kappa shape index (κ3) is 5.65. The molecule has 2 aromatic carbocycles. The molecular formula is C27H33N5O3. The lowest BCUT2D eigenvalue weighted by Crippen LogP contribution is -2.37. The van der Waals surface area contributed by atoms with Gasteiger partial charge >= 0.3 is 0 Å². The quantitative estimate of drug-likeness (QED) is 0.308. The number of ether oxygens (including phenoxy) is 1. The van der Waals surface area contributed by atoms with Crippen LogP contribution in [-0.2, 0) is 29.0 Å². The van der Waals surface area contributed by atoms with Gasteiger partial charge in [0.15, 0.2) is 6.61 Å². The van der Waals surface area contributed by atoms with Crippen molar-refractivity contribution in [3.63, 3.8) is 0 Å². The van der Waals surface area contributed by atoms with Crippen molar-refractivity contribution >= 4 is 28.6 Å². The Balaban J connectivity index is 1.42. The Morgan fingerprint density at radius 1 is 1.14 bits per heavy atom. The molecule has 2 amide bonds. The number of likely N-dealkylation sites (tertiary alicyclic amines) is 1. The van der Waals surface area contributed by atoms with Gasteiger partial charge in [-0.2, -0.15) is 0 Å². The number of carbonyl (C=O) groups excluding carboxylic acids is 2. The highest BCUT2D eigenvalue weighted by atomic mass is 16.5. The lowest BCUT2D eigenvalue weighted by atomic mass is 10.1. The van der Waals surface area contributed by atoms with Gasteiger partial charge in [0.2, 0.25) is 5.91 Å². The SMILES string of the molecule is CCn1c(CC[C@@H]2CCCN2C(=O)Cc2cccc(OCC(N)=O)c2)cc2ccc(C(=N)N)cc21. The first-order valence-electron chi connectivity index (χ1n) is 12.1. The second-order valence-corrected chi connectivity index (χ2v) is 9.07. The molecule has 5 N–H and O–H groups in total. The molecular weight excluding hydrogens is 442 g/mol. The summed E-state index contributed by atoms with van der Waals surface area (Å²) in [6.45, 7) is 3.55. The van der Waals surface area contributed by atoms with Crippen molar-refractivity contribution in [2.45, 2.75) is 51.6 Å². The average molecular weight is 476 g/mol. The molecule has 184 valence electrons. The van der Waals surface area contributed by atoms with E-state index < -0.39 is 5.91 Å². The van der Waals surface area contributed by atoms with Gasteiger partial charge in [0.1, 0.15) is 11.6 Å². The van der Waals surface area contributed by atoms with Crippen LogP contribution in [0.1, 0.15) is 43.0 Å². The molecule has 1 saturated heterocycles. The van der Waals surface area contributed by atoms with Crippen LogP contribution in [0.2, 0.25) is 0 Å². The van der Waals surface area contributed by atoms with Gasteiger partial charge in [0.05, 0.1) is 6.42 Å². The monoisotopic (exact) mass is 475 g/mol. The van der Waals surface area contributed by atoms with E-state index in [0.717, 1.165) is 60.8 Å². The van der Waals surface area contributed by atoms with Gasteiger partial charge in [-0.1, -0.05) is 24.3 Å². The molecule has 3 aromatic rings. The normalized spacial score (nSPS) is 15.5. The Kier molecular flexibility index (Phi) is 7.39. The molecule has 0 radical (unpaired) electrons. The third-order valence-corrected chi connectivity index (χ3v) is 6.68. The van der Waals surface area contributed by atoms with Crippen LogP contribution in [0.4, 0.5) is 0 Å². The van der Waals surface area contributed by atoms with Crippen LogP contribution in [0, 0.1) is 5.41 Å². The molecule has 35 heavy (non-hydrogen) atoms. The molecule has 8 heteroatoms. The number of aromatic nitrogens is 1. The number of primary amides is 1. The maximum absolute atomic E-state index is 13.2. The summed E-state index contributed by atoms with van der Waals surface area (Å²) in [4.78, 5) is 26.1. The van der Waals surface area contributed by atoms with Gasteiger partial charge < -0.3 is 25.7 Å². The lowest BCUT2D eigenvalue weighted by Gasteiger charge is -2.25. The summed E-state index contributed by atoms with van der Waals surface area (Å²) in [5, 5.41) is 8.88. The summed E-state index contributed by atoms with van der Waals surface area (Å²) in [5.74, 6) is 0.184. The summed E-state index contributed by atoms with van der Waals surface area (Å²) in [5.41, 5.74) is 14.8. The maximum Gasteiger partial charge on any atom is 0.255 e. The zero-order valence-corrected chi connectivity index (χ0v) is 20.1. The predicted octanol–water partition coefficient (Wildman–Crippen LogP) is 2.98. The smallest absolute Gasteiger partial charge is 0.255 e. The number of hydrogen-bond donors (Lipinski definition) is 3. The van der Waals surface area contributed by atoms with Gasteiger partial charge in [0, 0.05) is 35.9 Å². The van der Waals surface area contributed by atoms with Crippen LogP contribution in [-0.4, -0.2) is 46.3 Å². The summed E-state index contributed by atoms with van der Waals surface area (Å²) in [7, 11) is 0. The number of nitrogen functional groups attached to an aromatic ring is 1. The third-order valence-electron chi connectivity index (χ3n) is 6.68. The van der Waals surface area contributed by atoms with E-state index in [1.165, 1.54) is 5.69 Å². The number of nitrogens with zero attached hydrogens (tertiary/aromatic N) is 2. The Hall–Kier alpha value is -3.81. The van der Waals surface area contributed by atoms with Crippen LogP contribution < -0.4 is 16.2 Å². The van der Waals surface area contributed by atoms with Crippen molar-refractivity contribution in [1.29, 1.82) is 5.41 Å². The molecule has 0 spiro atoms. The topological polar surface area (TPSA) is 127 Å². The van der Waals surface area contributed by atoms with Crippen LogP contribution in [0.25, 0.3) is 10.9 Å². The van der Waals surface area contributed by atoms with Crippen molar-refractivity contribution in [2.75, 3.05) is 13.2 Å². The average Bonchev–Trinajstić information content (AvgIpc) is 3.45. The van der Waals surface area contributed by atoms with Crippen molar-refractivity contribution in [1.82, 2.24) is 9.47 Å². The Labute approximate surface area is 205 Å². The van der Waals surface area contributed by atoms with Gasteiger partial charge in [-0.05, 0) is 67.8 Å². The number of amides is 2. The molecule has 0 saturated carbocycles. The summed E-state index contributed by atoms with van der Waals surface area (Å²) < 4.78 is 7.65. The van der Waals surface area contributed by atoms with Crippen LogP contribution in [0.3, 0.4) is 0 Å². The number of hydrogen-bond acceptors (Lipinski definition) is 4. The minimum Gasteiger partial charge on any atom is -0.484 e. The summed E-state index contributed by atoms with van der Waals surface area (Å²) in [6, 6.07) is 15.6. The molecule has 1 aromatic heterocycles. The largest absolute Gasteiger partial charge is 0.484 e. The molecule has 2 heterocycles. The van der Waals surface area contributed by atoms with E-state index >= 15 is 0 Å². The van der Waals surface area contributed by atoms with Crippen molar-refractivity contribution in [3.05, 3.63) is 65.4 Å². The molecule has 1 aliphatic heterocycles. The highest BCUT2D eigenvalue weighted by Gasteiger charge is 2.28. The van der Waals surface area contributed by atoms with Crippen molar-refractivity contribution in [2.24, 2.45) is 11.5 Å². The first-order chi connectivity index (χ1) is 16.9. The second kappa shape index (κ2) is 10.6. The zero-order valence-electron chi connectivity index (χ0n) is 20.1. The minimum absolute atomic E-state index is 0.0716. The molecule has 8 nitrogen and oxygen atoms in total. The fraction of sp³-hybridized carbons (Fsp3) is 0.370. The van der Waals surface area contributed by atoms with Crippen molar-refractivity contribution < 1.29 is 14.3 Å². The number of rotatable bonds is 10. The molecule has 4 rings (SSSR count). The molecule has 0 bridgehead atoms. The number of nitrogens with two attached hydrogens (primary N) is 2. The Morgan fingerprint density at radius 3 is 2.71 bits per heavy atom. The number of aryl methyl sites for hydroxylation is 2. The van der Waals surface area contributed by atoms with Gasteiger partial charge in [-0.25, -0.2) is 0 Å². The van der Waals surface area contributed by atoms with E-state index in [-0.39, 0.29) is 24.4 Å². The number of nitrogens with one attached hydrogen (secondary N) is 1. The van der Waals surface area contributed by atoms with E-state index in [4.69, 9.17) is 21.6 Å². The number of amidine groups is 1. The second-order valence-electron chi connectivity index (χ2n) is 9.07. The lowest BCUT2D eigenvalue weighted by molar-refractivity contribution is -0.131. The van der Waals surface area contributed by atoms with Gasteiger partial charge in [0.25, 0.3) is 5.91 Å². The van der Waals surface area contributed by atoms with E-state index in [1.807, 2.05) is 35.2 Å². The molecule has 1 fully saturated rings. The number of carbonyl (C=O) groups is 2. The Morgan fingerprint density at radius 2 is 1.97 bits per heavy atom. The standard InChI is InChI=1S/C27H33N5O3/c1-2-31-22(15-19-8-9-20(27(29)30)16-24(19)31)11-10-21-6-4-12-32(21)26(34)14-18-5-3-7-23(13-18)35-17-25(28)33/h3,5,7-9,13,15-16,21H,2,4,6,10-12,14,17H2,1H3,(H2,28,33)(H3,29,30)/t21-/m0/s1. The van der Waals surface area contributed by atoms with E-state index in [2.05, 4.69) is 17.6 Å². The van der Waals surface area contributed by atoms with Gasteiger partial charge in [-0.15, -0.1) is 0 Å². The fourth-order valence-electron chi connectivity index (χ4n) is 5.01. The van der Waals surface area contributed by atoms with E-state index in [9.17, 15) is 9.59 Å².